The maximum atomic E-state index is 10.7. The number of nitro groups is 2. The van der Waals surface area contributed by atoms with E-state index in [1.165, 1.54) is 42.5 Å². The maximum absolute atomic E-state index is 10.7. The highest BCUT2D eigenvalue weighted by atomic mass is 16.7. The highest BCUT2D eigenvalue weighted by Crippen LogP contribution is 2.21. The third-order valence-corrected chi connectivity index (χ3v) is 2.78. The van der Waals surface area contributed by atoms with Crippen LogP contribution in [0.4, 0.5) is 5.69 Å². The monoisotopic (exact) mass is 316 g/mol. The van der Waals surface area contributed by atoms with E-state index in [1.54, 1.807) is 6.08 Å². The fraction of sp³-hybridized carbons (Fsp3) is 0.0667. The number of hydrogen-bond acceptors (Lipinski definition) is 6. The zero-order valence-corrected chi connectivity index (χ0v) is 11.9. The van der Waals surface area contributed by atoms with E-state index in [4.69, 9.17) is 9.47 Å². The molecule has 1 aliphatic carbocycles. The van der Waals surface area contributed by atoms with Crippen LogP contribution in [0.2, 0.25) is 0 Å². The molecule has 0 spiro atoms. The SMILES string of the molecule is C=C(OC1=CC=C([N+](=O)[O-])C=CC1)Oc1ccc([N+](=O)[O-])cc1. The Kier molecular flexibility index (Phi) is 4.88. The number of nitro benzene ring substituents is 1. The molecule has 0 heterocycles. The molecule has 0 amide bonds. The summed E-state index contributed by atoms with van der Waals surface area (Å²) in [5.74, 6) is 0.702. The summed E-state index contributed by atoms with van der Waals surface area (Å²) in [5, 5.41) is 21.2. The largest absolute Gasteiger partial charge is 0.431 e. The van der Waals surface area contributed by atoms with Gasteiger partial charge >= 0.3 is 0 Å². The molecule has 2 rings (SSSR count). The van der Waals surface area contributed by atoms with Crippen LogP contribution in [0.15, 0.2) is 72.5 Å². The van der Waals surface area contributed by atoms with Crippen molar-refractivity contribution >= 4 is 5.69 Å². The lowest BCUT2D eigenvalue weighted by atomic mass is 10.3. The van der Waals surface area contributed by atoms with Crippen LogP contribution >= 0.6 is 0 Å². The second-order valence-corrected chi connectivity index (χ2v) is 4.42. The maximum Gasteiger partial charge on any atom is 0.282 e. The molecule has 23 heavy (non-hydrogen) atoms. The number of non-ortho nitro benzene ring substituents is 1. The standard InChI is InChI=1S/C15H12N2O6/c1-11(23-15-9-6-13(7-10-15)17(20)21)22-14-4-2-3-12(5-8-14)16(18)19/h2-3,5-10H,1,4H2. The lowest BCUT2D eigenvalue weighted by molar-refractivity contribution is -0.419. The van der Waals surface area contributed by atoms with Crippen molar-refractivity contribution in [1.29, 1.82) is 0 Å². The fourth-order valence-electron chi connectivity index (χ4n) is 1.73. The minimum absolute atomic E-state index is 0.0449. The van der Waals surface area contributed by atoms with Crippen molar-refractivity contribution in [2.24, 2.45) is 0 Å². The molecule has 0 N–H and O–H groups in total. The van der Waals surface area contributed by atoms with Gasteiger partial charge in [-0.3, -0.25) is 20.2 Å². The quantitative estimate of drug-likeness (QED) is 0.452. The van der Waals surface area contributed by atoms with E-state index in [-0.39, 0.29) is 17.3 Å². The molecule has 0 saturated heterocycles. The Hall–Kier alpha value is -3.42. The summed E-state index contributed by atoms with van der Waals surface area (Å²) < 4.78 is 10.7. The van der Waals surface area contributed by atoms with Crippen LogP contribution < -0.4 is 4.74 Å². The average Bonchev–Trinajstić information content (AvgIpc) is 2.73. The summed E-state index contributed by atoms with van der Waals surface area (Å²) in [4.78, 5) is 20.2. The van der Waals surface area contributed by atoms with Crippen LogP contribution in [-0.2, 0) is 4.74 Å². The van der Waals surface area contributed by atoms with Gasteiger partial charge in [0.1, 0.15) is 11.5 Å². The van der Waals surface area contributed by atoms with Crippen LogP contribution in [0, 0.1) is 20.2 Å². The third kappa shape index (κ3) is 4.53. The van der Waals surface area contributed by atoms with E-state index >= 15 is 0 Å². The molecule has 0 unspecified atom stereocenters. The molecule has 0 saturated carbocycles. The van der Waals surface area contributed by atoms with E-state index < -0.39 is 9.85 Å². The molecule has 0 fully saturated rings. The molecule has 0 bridgehead atoms. The van der Waals surface area contributed by atoms with Gasteiger partial charge in [-0.1, -0.05) is 6.08 Å². The molecule has 1 aromatic rings. The summed E-state index contributed by atoms with van der Waals surface area (Å²) in [6, 6.07) is 5.42. The zero-order chi connectivity index (χ0) is 16.8. The zero-order valence-electron chi connectivity index (χ0n) is 11.9. The Morgan fingerprint density at radius 3 is 2.35 bits per heavy atom. The number of ether oxygens (including phenoxy) is 2. The summed E-state index contributed by atoms with van der Waals surface area (Å²) >= 11 is 0. The van der Waals surface area contributed by atoms with Crippen LogP contribution in [0.3, 0.4) is 0 Å². The fourth-order valence-corrected chi connectivity index (χ4v) is 1.73. The predicted molar refractivity (Wildman–Crippen MR) is 80.9 cm³/mol. The van der Waals surface area contributed by atoms with Gasteiger partial charge in [-0.25, -0.2) is 0 Å². The second-order valence-electron chi connectivity index (χ2n) is 4.42. The van der Waals surface area contributed by atoms with E-state index in [0.717, 1.165) is 0 Å². The first-order chi connectivity index (χ1) is 11.0. The second kappa shape index (κ2) is 7.03. The highest BCUT2D eigenvalue weighted by Gasteiger charge is 2.11. The topological polar surface area (TPSA) is 105 Å². The summed E-state index contributed by atoms with van der Waals surface area (Å²) in [7, 11) is 0. The van der Waals surface area contributed by atoms with Crippen molar-refractivity contribution in [3.8, 4) is 5.75 Å². The van der Waals surface area contributed by atoms with Crippen molar-refractivity contribution in [3.63, 3.8) is 0 Å². The van der Waals surface area contributed by atoms with Gasteiger partial charge < -0.3 is 9.47 Å². The minimum atomic E-state index is -0.517. The Labute approximate surface area is 130 Å². The molecule has 0 aliphatic heterocycles. The van der Waals surface area contributed by atoms with Crippen molar-refractivity contribution < 1.29 is 19.3 Å². The lowest BCUT2D eigenvalue weighted by Crippen LogP contribution is -1.99. The molecule has 118 valence electrons. The summed E-state index contributed by atoms with van der Waals surface area (Å²) in [5.41, 5.74) is -0.108. The Morgan fingerprint density at radius 1 is 1.04 bits per heavy atom. The van der Waals surface area contributed by atoms with Gasteiger partial charge in [0.2, 0.25) is 0 Å². The van der Waals surface area contributed by atoms with Crippen LogP contribution in [0.1, 0.15) is 6.42 Å². The minimum Gasteiger partial charge on any atom is -0.431 e. The van der Waals surface area contributed by atoms with Crippen LogP contribution in [0.5, 0.6) is 5.75 Å². The highest BCUT2D eigenvalue weighted by molar-refractivity contribution is 5.36. The molecular formula is C15H12N2O6. The summed E-state index contributed by atoms with van der Waals surface area (Å²) in [6.45, 7) is 3.59. The number of allylic oxidation sites excluding steroid dienone is 4. The number of hydrogen-bond donors (Lipinski definition) is 0. The third-order valence-electron chi connectivity index (χ3n) is 2.78. The smallest absolute Gasteiger partial charge is 0.282 e. The van der Waals surface area contributed by atoms with Crippen molar-refractivity contribution in [1.82, 2.24) is 0 Å². The molecule has 1 aliphatic rings. The van der Waals surface area contributed by atoms with E-state index in [9.17, 15) is 20.2 Å². The number of nitrogens with zero attached hydrogens (tertiary/aromatic N) is 2. The van der Waals surface area contributed by atoms with Gasteiger partial charge in [0.15, 0.2) is 0 Å². The summed E-state index contributed by atoms with van der Waals surface area (Å²) in [6.07, 6.45) is 6.09. The lowest BCUT2D eigenvalue weighted by Gasteiger charge is -2.11. The van der Waals surface area contributed by atoms with Gasteiger partial charge in [0, 0.05) is 30.7 Å². The Morgan fingerprint density at radius 2 is 1.74 bits per heavy atom. The van der Waals surface area contributed by atoms with Crippen molar-refractivity contribution in [2.45, 2.75) is 6.42 Å². The first kappa shape index (κ1) is 16.0. The normalized spacial score (nSPS) is 13.4. The van der Waals surface area contributed by atoms with Gasteiger partial charge in [0.05, 0.1) is 9.85 Å². The molecule has 1 aromatic carbocycles. The molecule has 8 nitrogen and oxygen atoms in total. The Balaban J connectivity index is 1.98. The van der Waals surface area contributed by atoms with Crippen LogP contribution in [-0.4, -0.2) is 9.85 Å². The number of benzene rings is 1. The molecule has 8 heteroatoms. The average molecular weight is 316 g/mol. The molecule has 0 aromatic heterocycles. The van der Waals surface area contributed by atoms with E-state index in [1.807, 2.05) is 0 Å². The van der Waals surface area contributed by atoms with Crippen LogP contribution in [0.25, 0.3) is 0 Å². The van der Waals surface area contributed by atoms with Gasteiger partial charge in [0.25, 0.3) is 17.3 Å². The molecular weight excluding hydrogens is 304 g/mol. The molecule has 0 atom stereocenters. The number of rotatable bonds is 6. The first-order valence-corrected chi connectivity index (χ1v) is 6.46. The first-order valence-electron chi connectivity index (χ1n) is 6.46. The van der Waals surface area contributed by atoms with Gasteiger partial charge in [-0.05, 0) is 24.8 Å². The van der Waals surface area contributed by atoms with Gasteiger partial charge in [-0.15, -0.1) is 0 Å². The Bertz CT molecular complexity index is 731. The van der Waals surface area contributed by atoms with Crippen molar-refractivity contribution in [3.05, 3.63) is 92.8 Å². The molecule has 0 radical (unpaired) electrons. The van der Waals surface area contributed by atoms with E-state index in [2.05, 4.69) is 6.58 Å². The predicted octanol–water partition coefficient (Wildman–Crippen LogP) is 3.47. The van der Waals surface area contributed by atoms with Gasteiger partial charge in [-0.2, -0.15) is 0 Å². The van der Waals surface area contributed by atoms with Crippen molar-refractivity contribution in [2.75, 3.05) is 0 Å². The van der Waals surface area contributed by atoms with E-state index in [0.29, 0.717) is 17.9 Å².